The van der Waals surface area contributed by atoms with Crippen molar-refractivity contribution in [2.45, 2.75) is 19.9 Å². The van der Waals surface area contributed by atoms with Crippen molar-refractivity contribution in [1.82, 2.24) is 5.32 Å². The molecule has 1 heterocycles. The van der Waals surface area contributed by atoms with E-state index in [2.05, 4.69) is 5.32 Å². The van der Waals surface area contributed by atoms with Gasteiger partial charge in [0.2, 0.25) is 0 Å². The molecule has 116 valence electrons. The minimum absolute atomic E-state index is 0.122. The third-order valence-electron chi connectivity index (χ3n) is 3.22. The second-order valence-electron chi connectivity index (χ2n) is 4.89. The van der Waals surface area contributed by atoms with Gasteiger partial charge in [0.05, 0.1) is 7.11 Å². The average molecular weight is 303 g/mol. The number of furan rings is 1. The fraction of sp³-hybridized carbons (Fsp3) is 0.250. The smallest absolute Gasteiger partial charge is 0.330 e. The Hall–Kier alpha value is -2.76. The molecule has 0 aliphatic rings. The first-order chi connectivity index (χ1) is 10.4. The van der Waals surface area contributed by atoms with Gasteiger partial charge in [-0.3, -0.25) is 4.79 Å². The number of carboxylic acid groups (broad SMARTS) is 1. The lowest BCUT2D eigenvalue weighted by molar-refractivity contribution is -0.139. The number of ether oxygens (including phenoxy) is 1. The van der Waals surface area contributed by atoms with Crippen molar-refractivity contribution in [3.05, 3.63) is 53.0 Å². The number of rotatable bonds is 5. The van der Waals surface area contributed by atoms with Crippen molar-refractivity contribution in [1.29, 1.82) is 0 Å². The van der Waals surface area contributed by atoms with E-state index in [1.807, 2.05) is 0 Å². The maximum Gasteiger partial charge on any atom is 0.330 e. The predicted octanol–water partition coefficient (Wildman–Crippen LogP) is 2.46. The Kier molecular flexibility index (Phi) is 4.50. The van der Waals surface area contributed by atoms with Gasteiger partial charge in [0.15, 0.2) is 11.8 Å². The van der Waals surface area contributed by atoms with Crippen LogP contribution in [0, 0.1) is 13.8 Å². The van der Waals surface area contributed by atoms with Gasteiger partial charge in [0, 0.05) is 5.56 Å². The molecule has 0 aliphatic carbocycles. The summed E-state index contributed by atoms with van der Waals surface area (Å²) in [5.74, 6) is -0.388. The molecule has 0 spiro atoms. The van der Waals surface area contributed by atoms with Crippen molar-refractivity contribution in [3.63, 3.8) is 0 Å². The normalized spacial score (nSPS) is 11.8. The molecule has 2 N–H and O–H groups in total. The lowest BCUT2D eigenvalue weighted by atomic mass is 10.1. The summed E-state index contributed by atoms with van der Waals surface area (Å²) in [6.45, 7) is 3.45. The van der Waals surface area contributed by atoms with E-state index >= 15 is 0 Å². The summed E-state index contributed by atoms with van der Waals surface area (Å²) in [6.07, 6.45) is 0. The summed E-state index contributed by atoms with van der Waals surface area (Å²) in [7, 11) is 1.52. The molecular formula is C16H17NO5. The zero-order valence-corrected chi connectivity index (χ0v) is 12.5. The molecule has 22 heavy (non-hydrogen) atoms. The molecule has 0 radical (unpaired) electrons. The van der Waals surface area contributed by atoms with Gasteiger partial charge >= 0.3 is 5.97 Å². The number of amides is 1. The number of aryl methyl sites for hydroxylation is 2. The van der Waals surface area contributed by atoms with Crippen molar-refractivity contribution in [2.24, 2.45) is 0 Å². The number of carbonyl (C=O) groups is 2. The molecule has 0 aliphatic heterocycles. The van der Waals surface area contributed by atoms with Crippen LogP contribution in [0.15, 0.2) is 34.7 Å². The predicted molar refractivity (Wildman–Crippen MR) is 79.0 cm³/mol. The third-order valence-corrected chi connectivity index (χ3v) is 3.22. The zero-order valence-electron chi connectivity index (χ0n) is 12.5. The lowest BCUT2D eigenvalue weighted by Gasteiger charge is -2.14. The molecule has 0 saturated heterocycles. The van der Waals surface area contributed by atoms with E-state index in [4.69, 9.17) is 9.15 Å². The largest absolute Gasteiger partial charge is 0.497 e. The summed E-state index contributed by atoms with van der Waals surface area (Å²) in [5, 5.41) is 11.8. The van der Waals surface area contributed by atoms with Crippen LogP contribution in [0.25, 0.3) is 0 Å². The third kappa shape index (κ3) is 3.28. The summed E-state index contributed by atoms with van der Waals surface area (Å²) in [4.78, 5) is 23.6. The fourth-order valence-corrected chi connectivity index (χ4v) is 2.15. The molecule has 2 rings (SSSR count). The molecular weight excluding hydrogens is 286 g/mol. The van der Waals surface area contributed by atoms with Crippen LogP contribution >= 0.6 is 0 Å². The Bertz CT molecular complexity index is 687. The fourth-order valence-electron chi connectivity index (χ4n) is 2.15. The maximum atomic E-state index is 12.2. The second kappa shape index (κ2) is 6.34. The van der Waals surface area contributed by atoms with Crippen molar-refractivity contribution in [3.8, 4) is 5.75 Å². The monoisotopic (exact) mass is 303 g/mol. The molecule has 6 heteroatoms. The molecule has 6 nitrogen and oxygen atoms in total. The first kappa shape index (κ1) is 15.6. The quantitative estimate of drug-likeness (QED) is 0.885. The number of carbonyl (C=O) groups excluding carboxylic acids is 1. The summed E-state index contributed by atoms with van der Waals surface area (Å²) in [5.41, 5.74) is 1.11. The van der Waals surface area contributed by atoms with Gasteiger partial charge in [-0.1, -0.05) is 12.1 Å². The van der Waals surface area contributed by atoms with Gasteiger partial charge in [-0.2, -0.15) is 0 Å². The first-order valence-electron chi connectivity index (χ1n) is 6.67. The number of benzene rings is 1. The van der Waals surface area contributed by atoms with Crippen molar-refractivity contribution >= 4 is 11.9 Å². The van der Waals surface area contributed by atoms with E-state index < -0.39 is 17.9 Å². The van der Waals surface area contributed by atoms with Gasteiger partial charge in [0.25, 0.3) is 5.91 Å². The molecule has 2 aromatic rings. The summed E-state index contributed by atoms with van der Waals surface area (Å²) in [6, 6.07) is 7.02. The summed E-state index contributed by atoms with van der Waals surface area (Å²) >= 11 is 0. The highest BCUT2D eigenvalue weighted by molar-refractivity contribution is 5.95. The van der Waals surface area contributed by atoms with Crippen LogP contribution < -0.4 is 10.1 Å². The van der Waals surface area contributed by atoms with Crippen LogP contribution in [-0.2, 0) is 4.79 Å². The zero-order chi connectivity index (χ0) is 16.3. The molecule has 0 fully saturated rings. The van der Waals surface area contributed by atoms with E-state index in [0.29, 0.717) is 22.6 Å². The number of methoxy groups -OCH3 is 1. The molecule has 1 unspecified atom stereocenters. The van der Waals surface area contributed by atoms with E-state index in [-0.39, 0.29) is 5.76 Å². The van der Waals surface area contributed by atoms with Gasteiger partial charge in [-0.25, -0.2) is 4.79 Å². The van der Waals surface area contributed by atoms with Crippen LogP contribution in [0.5, 0.6) is 5.75 Å². The van der Waals surface area contributed by atoms with Crippen LogP contribution in [-0.4, -0.2) is 24.1 Å². The van der Waals surface area contributed by atoms with E-state index in [0.717, 1.165) is 0 Å². The second-order valence-corrected chi connectivity index (χ2v) is 4.89. The number of nitrogens with one attached hydrogen (secondary N) is 1. The Morgan fingerprint density at radius 1 is 1.23 bits per heavy atom. The Labute approximate surface area is 127 Å². The number of hydrogen-bond acceptors (Lipinski definition) is 4. The van der Waals surface area contributed by atoms with Crippen molar-refractivity contribution < 1.29 is 23.8 Å². The van der Waals surface area contributed by atoms with Gasteiger partial charge in [-0.15, -0.1) is 0 Å². The molecule has 1 atom stereocenters. The summed E-state index contributed by atoms with van der Waals surface area (Å²) < 4.78 is 10.3. The van der Waals surface area contributed by atoms with Crippen LogP contribution in [0.1, 0.15) is 33.5 Å². The Morgan fingerprint density at radius 2 is 1.86 bits per heavy atom. The number of hydrogen-bond donors (Lipinski definition) is 2. The van der Waals surface area contributed by atoms with Gasteiger partial charge in [0.1, 0.15) is 11.5 Å². The highest BCUT2D eigenvalue weighted by Crippen LogP contribution is 2.20. The topological polar surface area (TPSA) is 88.8 Å². The standard InChI is InChI=1S/C16H17NO5/c1-9-8-10(2)22-14(9)15(18)17-13(16(19)20)11-4-6-12(21-3)7-5-11/h4-8,13H,1-3H3,(H,17,18)(H,19,20). The van der Waals surface area contributed by atoms with E-state index in [1.165, 1.54) is 7.11 Å². The Balaban J connectivity index is 2.23. The lowest BCUT2D eigenvalue weighted by Crippen LogP contribution is -2.33. The minimum atomic E-state index is -1.16. The number of carboxylic acids is 1. The number of aliphatic carboxylic acids is 1. The maximum absolute atomic E-state index is 12.2. The molecule has 0 bridgehead atoms. The first-order valence-corrected chi connectivity index (χ1v) is 6.67. The van der Waals surface area contributed by atoms with E-state index in [9.17, 15) is 14.7 Å². The SMILES string of the molecule is COc1ccc(C(NC(=O)c2oc(C)cc2C)C(=O)O)cc1. The van der Waals surface area contributed by atoms with Crippen molar-refractivity contribution in [2.75, 3.05) is 7.11 Å². The van der Waals surface area contributed by atoms with Crippen LogP contribution in [0.4, 0.5) is 0 Å². The molecule has 1 aromatic carbocycles. The highest BCUT2D eigenvalue weighted by Gasteiger charge is 2.25. The highest BCUT2D eigenvalue weighted by atomic mass is 16.5. The van der Waals surface area contributed by atoms with E-state index in [1.54, 1.807) is 44.2 Å². The Morgan fingerprint density at radius 3 is 2.32 bits per heavy atom. The van der Waals surface area contributed by atoms with Crippen LogP contribution in [0.2, 0.25) is 0 Å². The molecule has 1 amide bonds. The van der Waals surface area contributed by atoms with Gasteiger partial charge in [-0.05, 0) is 37.6 Å². The molecule has 0 saturated carbocycles. The average Bonchev–Trinajstić information content (AvgIpc) is 2.83. The van der Waals surface area contributed by atoms with Gasteiger partial charge < -0.3 is 19.6 Å². The minimum Gasteiger partial charge on any atom is -0.497 e. The molecule has 1 aromatic heterocycles. The van der Waals surface area contributed by atoms with Crippen LogP contribution in [0.3, 0.4) is 0 Å².